The second kappa shape index (κ2) is 15.4. The molecule has 4 heteroatoms. The van der Waals surface area contributed by atoms with Crippen LogP contribution in [0.4, 0.5) is 0 Å². The lowest BCUT2D eigenvalue weighted by Crippen LogP contribution is -2.63. The number of nitrogens with zero attached hydrogens (tertiary/aromatic N) is 2. The van der Waals surface area contributed by atoms with Crippen LogP contribution in [0.1, 0.15) is 169 Å². The SMILES string of the molecule is Cc1ccc2c(c1)c1cccc3c1n2-c1cc2c(cc1B3c1c(C(C)(C)C)cc(C(C)(C)C)cc1C(C)(C)C)-n1c3ccccc3c3cc(C)cc(c31)B2c1c(C(C)(C)C)cc(C(C)(C)C)cc1C(C)(C)C. The minimum atomic E-state index is -0.130. The summed E-state index contributed by atoms with van der Waals surface area (Å²) in [7, 11) is 0. The van der Waals surface area contributed by atoms with Crippen LogP contribution in [-0.2, 0) is 32.5 Å². The van der Waals surface area contributed by atoms with E-state index in [4.69, 9.17) is 0 Å². The van der Waals surface area contributed by atoms with Crippen LogP contribution in [0.5, 0.6) is 0 Å². The van der Waals surface area contributed by atoms with Gasteiger partial charge in [0.2, 0.25) is 13.4 Å². The Morgan fingerprint density at radius 3 is 1.21 bits per heavy atom. The second-order valence-corrected chi connectivity index (χ2v) is 28.5. The van der Waals surface area contributed by atoms with Crippen LogP contribution in [-0.4, -0.2) is 22.6 Å². The minimum Gasteiger partial charge on any atom is -0.310 e. The van der Waals surface area contributed by atoms with E-state index >= 15 is 0 Å². The van der Waals surface area contributed by atoms with Crippen LogP contribution in [0.3, 0.4) is 0 Å². The lowest BCUT2D eigenvalue weighted by Gasteiger charge is -2.40. The first-order valence-electron chi connectivity index (χ1n) is 27.0. The smallest absolute Gasteiger partial charge is 0.247 e. The molecule has 72 heavy (non-hydrogen) atoms. The van der Waals surface area contributed by atoms with E-state index < -0.39 is 0 Å². The van der Waals surface area contributed by atoms with E-state index in [1.54, 1.807) is 0 Å². The zero-order valence-corrected chi connectivity index (χ0v) is 47.4. The Hall–Kier alpha value is -5.73. The Kier molecular flexibility index (Phi) is 10.4. The van der Waals surface area contributed by atoms with Crippen molar-refractivity contribution in [2.24, 2.45) is 0 Å². The Balaban J connectivity index is 1.39. The van der Waals surface area contributed by atoms with Crippen molar-refractivity contribution in [1.29, 1.82) is 0 Å². The summed E-state index contributed by atoms with van der Waals surface area (Å²) >= 11 is 0. The second-order valence-electron chi connectivity index (χ2n) is 28.5. The van der Waals surface area contributed by atoms with Gasteiger partial charge < -0.3 is 9.13 Å². The summed E-state index contributed by atoms with van der Waals surface area (Å²) in [5, 5.41) is 5.31. The molecule has 0 bridgehead atoms. The van der Waals surface area contributed by atoms with Crippen LogP contribution >= 0.6 is 0 Å². The molecule has 2 aromatic heterocycles. The number of benzene rings is 7. The van der Waals surface area contributed by atoms with Gasteiger partial charge in [0, 0.05) is 44.0 Å². The van der Waals surface area contributed by atoms with E-state index in [2.05, 4.69) is 257 Å². The third kappa shape index (κ3) is 7.26. The lowest BCUT2D eigenvalue weighted by atomic mass is 9.30. The molecule has 0 radical (unpaired) electrons. The summed E-state index contributed by atoms with van der Waals surface area (Å²) in [4.78, 5) is 0. The van der Waals surface area contributed by atoms with Gasteiger partial charge in [-0.2, -0.15) is 0 Å². The van der Waals surface area contributed by atoms with Gasteiger partial charge in [0.15, 0.2) is 0 Å². The number of aromatic nitrogens is 2. The van der Waals surface area contributed by atoms with Gasteiger partial charge in [-0.15, -0.1) is 0 Å². The van der Waals surface area contributed by atoms with Crippen molar-refractivity contribution in [2.75, 3.05) is 0 Å². The Morgan fingerprint density at radius 2 is 0.736 bits per heavy atom. The molecule has 7 aromatic carbocycles. The van der Waals surface area contributed by atoms with Gasteiger partial charge >= 0.3 is 0 Å². The zero-order chi connectivity index (χ0) is 51.9. The molecule has 11 rings (SSSR count). The van der Waals surface area contributed by atoms with Crippen molar-refractivity contribution in [3.8, 4) is 11.4 Å². The Labute approximate surface area is 432 Å². The highest BCUT2D eigenvalue weighted by molar-refractivity contribution is 7.00. The number of rotatable bonds is 2. The molecule has 9 aromatic rings. The molecule has 2 nitrogen and oxygen atoms in total. The van der Waals surface area contributed by atoms with Gasteiger partial charge in [-0.1, -0.05) is 219 Å². The standard InChI is InChI=1S/C68H78B2N2/c1-39-28-29-56-45(30-39)44-25-23-26-51-61(44)72(56)57-38-53-58(37-52(57)69(51)59-47(65(9,10)11)33-41(63(3,4)5)34-48(59)66(12,13)14)71-55-27-22-21-24-43(55)46-31-40(2)32-54(62(46)71)70(53)60-49(67(15,16)17)35-42(64(6,7)8)36-50(60)68(18,19)20/h21-38H,1-20H3. The fourth-order valence-electron chi connectivity index (χ4n) is 13.1. The molecule has 2 aliphatic heterocycles. The third-order valence-electron chi connectivity index (χ3n) is 16.7. The van der Waals surface area contributed by atoms with Gasteiger partial charge in [0.1, 0.15) is 0 Å². The van der Waals surface area contributed by atoms with Crippen LogP contribution in [0, 0.1) is 13.8 Å². The van der Waals surface area contributed by atoms with E-state index in [0.29, 0.717) is 0 Å². The topological polar surface area (TPSA) is 9.86 Å². The molecule has 0 amide bonds. The molecule has 0 aliphatic carbocycles. The number of aryl methyl sites for hydroxylation is 2. The first kappa shape index (κ1) is 48.5. The van der Waals surface area contributed by atoms with Crippen LogP contribution in [0.2, 0.25) is 0 Å². The maximum atomic E-state index is 2.70. The molecule has 0 saturated heterocycles. The number of fused-ring (bicyclic) bond motifs is 10. The normalized spacial score (nSPS) is 14.3. The first-order chi connectivity index (χ1) is 33.4. The zero-order valence-electron chi connectivity index (χ0n) is 47.4. The van der Waals surface area contributed by atoms with Gasteiger partial charge in [0.05, 0.1) is 11.0 Å². The highest BCUT2D eigenvalue weighted by atomic mass is 15.0. The summed E-state index contributed by atoms with van der Waals surface area (Å²) < 4.78 is 5.37. The summed E-state index contributed by atoms with van der Waals surface area (Å²) in [6, 6.07) is 44.4. The largest absolute Gasteiger partial charge is 0.310 e. The molecule has 0 N–H and O–H groups in total. The third-order valence-corrected chi connectivity index (χ3v) is 16.7. The van der Waals surface area contributed by atoms with Gasteiger partial charge in [-0.25, -0.2) is 0 Å². The summed E-state index contributed by atoms with van der Waals surface area (Å²) in [5.74, 6) is 0. The molecule has 0 saturated carbocycles. The average Bonchev–Trinajstić information content (AvgIpc) is 3.77. The van der Waals surface area contributed by atoms with Crippen molar-refractivity contribution >= 4 is 89.8 Å². The number of para-hydroxylation sites is 2. The summed E-state index contributed by atoms with van der Waals surface area (Å²) in [6.07, 6.45) is 0. The molecule has 4 heterocycles. The van der Waals surface area contributed by atoms with Crippen molar-refractivity contribution in [3.05, 3.63) is 154 Å². The average molecular weight is 945 g/mol. The summed E-state index contributed by atoms with van der Waals surface area (Å²) in [6.45, 7) is 48.1. The predicted molar refractivity (Wildman–Crippen MR) is 319 cm³/mol. The van der Waals surface area contributed by atoms with E-state index in [1.807, 2.05) is 0 Å². The predicted octanol–water partition coefficient (Wildman–Crippen LogP) is 13.9. The van der Waals surface area contributed by atoms with Crippen LogP contribution < -0.4 is 32.8 Å². The van der Waals surface area contributed by atoms with E-state index in [1.165, 1.54) is 132 Å². The van der Waals surface area contributed by atoms with Crippen molar-refractivity contribution < 1.29 is 0 Å². The maximum absolute atomic E-state index is 2.70. The minimum absolute atomic E-state index is 0.0170. The molecule has 0 atom stereocenters. The molecule has 0 fully saturated rings. The molecule has 366 valence electrons. The van der Waals surface area contributed by atoms with E-state index in [9.17, 15) is 0 Å². The van der Waals surface area contributed by atoms with E-state index in [0.717, 1.165) is 0 Å². The van der Waals surface area contributed by atoms with Crippen molar-refractivity contribution in [2.45, 2.75) is 171 Å². The highest BCUT2D eigenvalue weighted by Crippen LogP contribution is 2.41. The number of hydrogen-bond donors (Lipinski definition) is 0. The fraction of sp³-hybridized carbons (Fsp3) is 0.382. The molecular formula is C68H78B2N2. The van der Waals surface area contributed by atoms with E-state index in [-0.39, 0.29) is 45.9 Å². The van der Waals surface area contributed by atoms with Gasteiger partial charge in [0.25, 0.3) is 0 Å². The quantitative estimate of drug-likeness (QED) is 0.153. The monoisotopic (exact) mass is 945 g/mol. The van der Waals surface area contributed by atoms with Crippen molar-refractivity contribution in [1.82, 2.24) is 9.13 Å². The van der Waals surface area contributed by atoms with Gasteiger partial charge in [-0.3, -0.25) is 0 Å². The molecule has 0 spiro atoms. The highest BCUT2D eigenvalue weighted by Gasteiger charge is 2.45. The maximum Gasteiger partial charge on any atom is 0.247 e. The van der Waals surface area contributed by atoms with Crippen LogP contribution in [0.25, 0.3) is 55.0 Å². The molecule has 0 unspecified atom stereocenters. The summed E-state index contributed by atoms with van der Waals surface area (Å²) in [5.41, 5.74) is 27.0. The lowest BCUT2D eigenvalue weighted by molar-refractivity contribution is 0.552. The van der Waals surface area contributed by atoms with Crippen molar-refractivity contribution in [3.63, 3.8) is 0 Å². The first-order valence-corrected chi connectivity index (χ1v) is 27.0. The molecule has 2 aliphatic rings. The number of hydrogen-bond acceptors (Lipinski definition) is 0. The fourth-order valence-corrected chi connectivity index (χ4v) is 13.1. The van der Waals surface area contributed by atoms with Crippen LogP contribution in [0.15, 0.2) is 109 Å². The van der Waals surface area contributed by atoms with Gasteiger partial charge in [-0.05, 0) is 138 Å². The Morgan fingerprint density at radius 1 is 0.319 bits per heavy atom. The Bertz CT molecular complexity index is 3700. The molecular weight excluding hydrogens is 866 g/mol.